The fourth-order valence-electron chi connectivity index (χ4n) is 3.21. The van der Waals surface area contributed by atoms with Crippen molar-refractivity contribution < 1.29 is 9.53 Å². The number of nitrogens with one attached hydrogen (secondary N) is 2. The molecule has 2 unspecified atom stereocenters. The van der Waals surface area contributed by atoms with E-state index >= 15 is 0 Å². The van der Waals surface area contributed by atoms with Gasteiger partial charge in [0.25, 0.3) is 0 Å². The predicted molar refractivity (Wildman–Crippen MR) is 84.2 cm³/mol. The Bertz CT molecular complexity index is 321. The number of hydrogen-bond acceptors (Lipinski definition) is 4. The van der Waals surface area contributed by atoms with Gasteiger partial charge in [-0.2, -0.15) is 0 Å². The zero-order chi connectivity index (χ0) is 15.2. The van der Waals surface area contributed by atoms with Crippen LogP contribution in [0.4, 0.5) is 0 Å². The van der Waals surface area contributed by atoms with Crippen LogP contribution in [-0.4, -0.2) is 62.3 Å². The smallest absolute Gasteiger partial charge is 0.239 e. The number of hydrogen-bond donors (Lipinski definition) is 2. The van der Waals surface area contributed by atoms with Gasteiger partial charge in [-0.3, -0.25) is 9.69 Å². The van der Waals surface area contributed by atoms with E-state index in [1.807, 2.05) is 0 Å². The summed E-state index contributed by atoms with van der Waals surface area (Å²) in [6.07, 6.45) is 2.55. The van der Waals surface area contributed by atoms with Gasteiger partial charge in [-0.15, -0.1) is 0 Å². The number of piperidine rings is 1. The van der Waals surface area contributed by atoms with E-state index in [9.17, 15) is 4.79 Å². The van der Waals surface area contributed by atoms with E-state index in [1.165, 1.54) is 12.8 Å². The molecule has 2 fully saturated rings. The summed E-state index contributed by atoms with van der Waals surface area (Å²) in [5.41, 5.74) is 0. The maximum absolute atomic E-state index is 12.2. The van der Waals surface area contributed by atoms with Gasteiger partial charge in [0, 0.05) is 19.1 Å². The number of likely N-dealkylation sites (tertiary alicyclic amines) is 1. The van der Waals surface area contributed by atoms with Crippen molar-refractivity contribution in [2.45, 2.75) is 45.7 Å². The second-order valence-electron chi connectivity index (χ2n) is 6.86. The highest BCUT2D eigenvalue weighted by atomic mass is 16.5. The minimum absolute atomic E-state index is 0.0747. The largest absolute Gasteiger partial charge is 0.378 e. The third kappa shape index (κ3) is 4.94. The molecule has 21 heavy (non-hydrogen) atoms. The number of nitrogens with zero attached hydrogens (tertiary/aromatic N) is 1. The van der Waals surface area contributed by atoms with Crippen molar-refractivity contribution in [2.75, 3.05) is 39.4 Å². The Morgan fingerprint density at radius 1 is 1.38 bits per heavy atom. The van der Waals surface area contributed by atoms with Gasteiger partial charge in [-0.25, -0.2) is 0 Å². The Labute approximate surface area is 128 Å². The van der Waals surface area contributed by atoms with E-state index in [0.717, 1.165) is 32.1 Å². The molecule has 2 aliphatic rings. The van der Waals surface area contributed by atoms with Crippen LogP contribution in [-0.2, 0) is 9.53 Å². The number of rotatable bonds is 5. The molecule has 0 aromatic heterocycles. The molecule has 0 aromatic carbocycles. The van der Waals surface area contributed by atoms with Gasteiger partial charge in [0.2, 0.25) is 5.91 Å². The molecule has 0 saturated carbocycles. The zero-order valence-electron chi connectivity index (χ0n) is 13.7. The normalized spacial score (nSPS) is 26.8. The van der Waals surface area contributed by atoms with E-state index in [-0.39, 0.29) is 11.9 Å². The number of carbonyl (C=O) groups excluding carboxylic acids is 1. The summed E-state index contributed by atoms with van der Waals surface area (Å²) in [4.78, 5) is 14.7. The number of morpholine rings is 1. The Morgan fingerprint density at radius 3 is 2.67 bits per heavy atom. The Hall–Kier alpha value is -0.650. The van der Waals surface area contributed by atoms with Crippen LogP contribution in [0.25, 0.3) is 0 Å². The van der Waals surface area contributed by atoms with Crippen molar-refractivity contribution in [2.24, 2.45) is 11.8 Å². The molecule has 2 N–H and O–H groups in total. The average Bonchev–Trinajstić information content (AvgIpc) is 2.49. The van der Waals surface area contributed by atoms with Gasteiger partial charge in [-0.1, -0.05) is 20.8 Å². The second-order valence-corrected chi connectivity index (χ2v) is 6.86. The lowest BCUT2D eigenvalue weighted by molar-refractivity contribution is -0.126. The summed E-state index contributed by atoms with van der Waals surface area (Å²) in [6, 6.07) is 0.249. The maximum atomic E-state index is 12.2. The highest BCUT2D eigenvalue weighted by molar-refractivity contribution is 5.82. The summed E-state index contributed by atoms with van der Waals surface area (Å²) in [6.45, 7) is 11.8. The van der Waals surface area contributed by atoms with Crippen molar-refractivity contribution in [1.29, 1.82) is 0 Å². The first-order valence-corrected chi connectivity index (χ1v) is 8.40. The van der Waals surface area contributed by atoms with Gasteiger partial charge in [-0.05, 0) is 37.8 Å². The van der Waals surface area contributed by atoms with Crippen molar-refractivity contribution in [3.8, 4) is 0 Å². The molecular formula is C16H31N3O2. The van der Waals surface area contributed by atoms with Crippen molar-refractivity contribution in [3.63, 3.8) is 0 Å². The SMILES string of the molecule is CC1CCN(C(CNC(=O)C2COCCN2)C(C)C)CC1. The molecule has 0 aromatic rings. The van der Waals surface area contributed by atoms with E-state index < -0.39 is 0 Å². The molecule has 0 aliphatic carbocycles. The lowest BCUT2D eigenvalue weighted by Crippen LogP contribution is -2.55. The highest BCUT2D eigenvalue weighted by Gasteiger charge is 2.27. The summed E-state index contributed by atoms with van der Waals surface area (Å²) < 4.78 is 5.35. The number of amides is 1. The number of ether oxygens (including phenoxy) is 1. The van der Waals surface area contributed by atoms with Gasteiger partial charge < -0.3 is 15.4 Å². The lowest BCUT2D eigenvalue weighted by atomic mass is 9.94. The molecule has 0 bridgehead atoms. The molecule has 2 atom stereocenters. The molecule has 5 nitrogen and oxygen atoms in total. The minimum atomic E-state index is -0.187. The van der Waals surface area contributed by atoms with Gasteiger partial charge in [0.1, 0.15) is 6.04 Å². The fraction of sp³-hybridized carbons (Fsp3) is 0.938. The van der Waals surface area contributed by atoms with Crippen LogP contribution in [0.1, 0.15) is 33.6 Å². The van der Waals surface area contributed by atoms with Crippen LogP contribution in [0, 0.1) is 11.8 Å². The van der Waals surface area contributed by atoms with Crippen LogP contribution in [0.5, 0.6) is 0 Å². The van der Waals surface area contributed by atoms with E-state index in [1.54, 1.807) is 0 Å². The van der Waals surface area contributed by atoms with Crippen molar-refractivity contribution in [1.82, 2.24) is 15.5 Å². The maximum Gasteiger partial charge on any atom is 0.239 e. The van der Waals surface area contributed by atoms with Gasteiger partial charge >= 0.3 is 0 Å². The minimum Gasteiger partial charge on any atom is -0.378 e. The predicted octanol–water partition coefficient (Wildman–Crippen LogP) is 0.848. The molecule has 1 amide bonds. The van der Waals surface area contributed by atoms with Crippen LogP contribution < -0.4 is 10.6 Å². The Morgan fingerprint density at radius 2 is 2.10 bits per heavy atom. The van der Waals surface area contributed by atoms with Crippen LogP contribution >= 0.6 is 0 Å². The summed E-state index contributed by atoms with van der Waals surface area (Å²) >= 11 is 0. The van der Waals surface area contributed by atoms with E-state index in [4.69, 9.17) is 4.74 Å². The van der Waals surface area contributed by atoms with Gasteiger partial charge in [0.05, 0.1) is 13.2 Å². The quantitative estimate of drug-likeness (QED) is 0.790. The Kier molecular flexibility index (Phi) is 6.45. The monoisotopic (exact) mass is 297 g/mol. The highest BCUT2D eigenvalue weighted by Crippen LogP contribution is 2.21. The molecule has 0 spiro atoms. The van der Waals surface area contributed by atoms with Crippen molar-refractivity contribution in [3.05, 3.63) is 0 Å². The molecule has 2 aliphatic heterocycles. The third-order valence-electron chi connectivity index (χ3n) is 4.78. The molecule has 5 heteroatoms. The molecule has 2 saturated heterocycles. The summed E-state index contributed by atoms with van der Waals surface area (Å²) in [5, 5.41) is 6.33. The third-order valence-corrected chi connectivity index (χ3v) is 4.78. The standard InChI is InChI=1S/C16H31N3O2/c1-12(2)15(19-7-4-13(3)5-8-19)10-18-16(20)14-11-21-9-6-17-14/h12-15,17H,4-11H2,1-3H3,(H,18,20). The van der Waals surface area contributed by atoms with E-state index in [0.29, 0.717) is 25.2 Å². The molecule has 122 valence electrons. The summed E-state index contributed by atoms with van der Waals surface area (Å²) in [5.74, 6) is 1.47. The summed E-state index contributed by atoms with van der Waals surface area (Å²) in [7, 11) is 0. The first kappa shape index (κ1) is 16.7. The van der Waals surface area contributed by atoms with Crippen LogP contribution in [0.15, 0.2) is 0 Å². The number of carbonyl (C=O) groups is 1. The second kappa shape index (κ2) is 8.11. The van der Waals surface area contributed by atoms with Crippen LogP contribution in [0.3, 0.4) is 0 Å². The molecule has 2 heterocycles. The van der Waals surface area contributed by atoms with Crippen molar-refractivity contribution >= 4 is 5.91 Å². The lowest BCUT2D eigenvalue weighted by Gasteiger charge is -2.39. The topological polar surface area (TPSA) is 53.6 Å². The first-order chi connectivity index (χ1) is 10.1. The first-order valence-electron chi connectivity index (χ1n) is 8.40. The molecule has 2 rings (SSSR count). The van der Waals surface area contributed by atoms with E-state index in [2.05, 4.69) is 36.3 Å². The Balaban J connectivity index is 1.80. The molecule has 0 radical (unpaired) electrons. The molecular weight excluding hydrogens is 266 g/mol. The van der Waals surface area contributed by atoms with Gasteiger partial charge in [0.15, 0.2) is 0 Å². The van der Waals surface area contributed by atoms with Crippen LogP contribution in [0.2, 0.25) is 0 Å². The average molecular weight is 297 g/mol. The fourth-order valence-corrected chi connectivity index (χ4v) is 3.21. The zero-order valence-corrected chi connectivity index (χ0v) is 13.7.